The molecule has 11 heteroatoms. The van der Waals surface area contributed by atoms with Gasteiger partial charge in [0.1, 0.15) is 17.3 Å². The molecule has 0 aliphatic heterocycles. The summed E-state index contributed by atoms with van der Waals surface area (Å²) >= 11 is 9.10. The molecule has 3 aromatic heterocycles. The van der Waals surface area contributed by atoms with Crippen LogP contribution >= 0.6 is 34.3 Å². The number of nitrogens with zero attached hydrogens (tertiary/aromatic N) is 2. The number of hydrogen-bond acceptors (Lipinski definition) is 7. The first-order valence-corrected chi connectivity index (χ1v) is 13.3. The van der Waals surface area contributed by atoms with Crippen LogP contribution in [-0.2, 0) is 22.0 Å². The zero-order chi connectivity index (χ0) is 26.3. The Hall–Kier alpha value is -3.52. The predicted octanol–water partition coefficient (Wildman–Crippen LogP) is 6.18. The number of aryl methyl sites for hydroxylation is 1. The third-order valence-electron chi connectivity index (χ3n) is 6.23. The number of hydrogen-bond donors (Lipinski definition) is 2. The van der Waals surface area contributed by atoms with Gasteiger partial charge in [0.15, 0.2) is 5.75 Å². The van der Waals surface area contributed by atoms with Gasteiger partial charge >= 0.3 is 12.1 Å². The topological polar surface area (TPSA) is 103 Å². The van der Waals surface area contributed by atoms with Gasteiger partial charge in [-0.3, -0.25) is 14.8 Å². The molecule has 1 amide bonds. The van der Waals surface area contributed by atoms with Gasteiger partial charge in [-0.05, 0) is 31.9 Å². The molecule has 1 aliphatic carbocycles. The number of benzene rings is 1. The summed E-state index contributed by atoms with van der Waals surface area (Å²) in [7, 11) is 3.26. The van der Waals surface area contributed by atoms with E-state index in [2.05, 4.69) is 22.3 Å². The van der Waals surface area contributed by atoms with E-state index in [1.165, 1.54) is 27.4 Å². The second kappa shape index (κ2) is 9.74. The molecule has 1 atom stereocenters. The van der Waals surface area contributed by atoms with Gasteiger partial charge in [0.25, 0.3) is 0 Å². The summed E-state index contributed by atoms with van der Waals surface area (Å²) in [6, 6.07) is 9.12. The average Bonchev–Trinajstić information content (AvgIpc) is 3.33. The Balaban J connectivity index is 1.35. The van der Waals surface area contributed by atoms with E-state index in [4.69, 9.17) is 21.1 Å². The van der Waals surface area contributed by atoms with Crippen LogP contribution in [0.3, 0.4) is 0 Å². The minimum Gasteiger partial charge on any atom is -0.494 e. The zero-order valence-corrected chi connectivity index (χ0v) is 22.5. The molecule has 2 N–H and O–H groups in total. The molecule has 0 bridgehead atoms. The Morgan fingerprint density at radius 2 is 2.03 bits per heavy atom. The van der Waals surface area contributed by atoms with Crippen molar-refractivity contribution in [1.29, 1.82) is 0 Å². The van der Waals surface area contributed by atoms with Crippen LogP contribution in [-0.4, -0.2) is 34.1 Å². The van der Waals surface area contributed by atoms with Crippen molar-refractivity contribution in [3.63, 3.8) is 0 Å². The maximum atomic E-state index is 12.6. The van der Waals surface area contributed by atoms with Crippen LogP contribution < -0.4 is 10.1 Å². The highest BCUT2D eigenvalue weighted by atomic mass is 35.5. The van der Waals surface area contributed by atoms with Crippen molar-refractivity contribution in [1.82, 2.24) is 9.78 Å². The number of thiophene rings is 2. The fourth-order valence-corrected chi connectivity index (χ4v) is 7.02. The van der Waals surface area contributed by atoms with Crippen molar-refractivity contribution >= 4 is 61.6 Å². The van der Waals surface area contributed by atoms with Crippen LogP contribution in [0, 0.1) is 11.8 Å². The maximum Gasteiger partial charge on any atom is 0.413 e. The lowest BCUT2D eigenvalue weighted by molar-refractivity contribution is -0.139. The van der Waals surface area contributed by atoms with Crippen LogP contribution in [0.1, 0.15) is 46.8 Å². The number of rotatable bonds is 6. The average molecular weight is 556 g/mol. The molecular weight excluding hydrogens is 534 g/mol. The molecule has 4 aromatic rings. The molecule has 37 heavy (non-hydrogen) atoms. The number of nitrogens with one attached hydrogen (secondary N) is 1. The number of ether oxygens (including phenoxy) is 2. The number of methoxy groups -OCH3 is 1. The fraction of sp³-hybridized carbons (Fsp3) is 0.269. The van der Waals surface area contributed by atoms with Crippen molar-refractivity contribution in [2.45, 2.75) is 31.3 Å². The Kier molecular flexibility index (Phi) is 6.62. The standard InChI is InChI=1S/C26H22ClN3O5S2/c1-14(17-6-4-5-7-18(17)27)35-25(33)29-23-15(13-28-30(23)2)8-9-16-12-19-21(36-16)20(34-3)22(37-19)26(10-11-26)24(31)32/h4-7,12-14H,10-11H2,1-3H3,(H,29,33)(H,31,32). The first-order valence-electron chi connectivity index (χ1n) is 11.3. The predicted molar refractivity (Wildman–Crippen MR) is 144 cm³/mol. The highest BCUT2D eigenvalue weighted by Crippen LogP contribution is 2.57. The Labute approximate surface area is 225 Å². The second-order valence-electron chi connectivity index (χ2n) is 8.63. The van der Waals surface area contributed by atoms with Gasteiger partial charge < -0.3 is 14.6 Å². The third kappa shape index (κ3) is 4.66. The second-order valence-corrected chi connectivity index (χ2v) is 11.1. The molecule has 8 nitrogen and oxygen atoms in total. The number of carboxylic acids is 1. The normalized spacial score (nSPS) is 14.5. The molecule has 0 spiro atoms. The lowest BCUT2D eigenvalue weighted by Gasteiger charge is -2.15. The van der Waals surface area contributed by atoms with Crippen molar-refractivity contribution in [2.24, 2.45) is 7.05 Å². The van der Waals surface area contributed by atoms with Crippen molar-refractivity contribution in [3.05, 3.63) is 62.4 Å². The van der Waals surface area contributed by atoms with Gasteiger partial charge in [-0.15, -0.1) is 22.7 Å². The minimum absolute atomic E-state index is 0.402. The molecule has 1 unspecified atom stereocenters. The summed E-state index contributed by atoms with van der Waals surface area (Å²) in [6.45, 7) is 1.74. The van der Waals surface area contributed by atoms with E-state index in [1.807, 2.05) is 18.2 Å². The highest BCUT2D eigenvalue weighted by Gasteiger charge is 2.55. The van der Waals surface area contributed by atoms with Crippen LogP contribution in [0.5, 0.6) is 5.75 Å². The van der Waals surface area contributed by atoms with E-state index in [0.717, 1.165) is 19.2 Å². The molecule has 1 fully saturated rings. The number of halogens is 1. The first-order chi connectivity index (χ1) is 17.7. The van der Waals surface area contributed by atoms with E-state index < -0.39 is 23.6 Å². The monoisotopic (exact) mass is 555 g/mol. The van der Waals surface area contributed by atoms with E-state index in [-0.39, 0.29) is 0 Å². The van der Waals surface area contributed by atoms with Crippen molar-refractivity contribution < 1.29 is 24.2 Å². The Bertz CT molecular complexity index is 1590. The molecule has 1 aromatic carbocycles. The number of carbonyl (C=O) groups is 2. The summed E-state index contributed by atoms with van der Waals surface area (Å²) in [5.41, 5.74) is 0.406. The van der Waals surface area contributed by atoms with Gasteiger partial charge in [0, 0.05) is 17.6 Å². The SMILES string of the molecule is COc1c(C2(C(=O)O)CC2)sc2cc(C#Cc3cnn(C)c3NC(=O)OC(C)c3ccccc3Cl)sc12. The fourth-order valence-electron chi connectivity index (χ4n) is 4.05. The summed E-state index contributed by atoms with van der Waals surface area (Å²) < 4.78 is 14.5. The molecule has 0 saturated heterocycles. The number of amides is 1. The van der Waals surface area contributed by atoms with Gasteiger partial charge in [-0.25, -0.2) is 4.79 Å². The molecule has 1 aliphatic rings. The molecule has 5 rings (SSSR count). The van der Waals surface area contributed by atoms with Crippen LogP contribution in [0.15, 0.2) is 36.5 Å². The van der Waals surface area contributed by atoms with Gasteiger partial charge in [0.2, 0.25) is 0 Å². The lowest BCUT2D eigenvalue weighted by atomic mass is 10.1. The molecular formula is C26H22ClN3O5S2. The number of aromatic nitrogens is 2. The largest absolute Gasteiger partial charge is 0.494 e. The Morgan fingerprint density at radius 1 is 1.27 bits per heavy atom. The van der Waals surface area contributed by atoms with Crippen LogP contribution in [0.25, 0.3) is 9.40 Å². The van der Waals surface area contributed by atoms with E-state index in [1.54, 1.807) is 39.4 Å². The van der Waals surface area contributed by atoms with Gasteiger partial charge in [-0.2, -0.15) is 5.10 Å². The van der Waals surface area contributed by atoms with Crippen molar-refractivity contribution in [3.8, 4) is 17.6 Å². The van der Waals surface area contributed by atoms with E-state index >= 15 is 0 Å². The number of carboxylic acid groups (broad SMARTS) is 1. The number of carbonyl (C=O) groups excluding carboxylic acids is 1. The summed E-state index contributed by atoms with van der Waals surface area (Å²) in [4.78, 5) is 26.0. The highest BCUT2D eigenvalue weighted by molar-refractivity contribution is 7.28. The minimum atomic E-state index is -0.825. The van der Waals surface area contributed by atoms with E-state index in [9.17, 15) is 14.7 Å². The van der Waals surface area contributed by atoms with Gasteiger partial charge in [0.05, 0.1) is 38.0 Å². The summed E-state index contributed by atoms with van der Waals surface area (Å²) in [6.07, 6.45) is 1.61. The first kappa shape index (κ1) is 25.1. The van der Waals surface area contributed by atoms with E-state index in [0.29, 0.717) is 40.6 Å². The van der Waals surface area contributed by atoms with Crippen LogP contribution in [0.4, 0.5) is 10.6 Å². The smallest absolute Gasteiger partial charge is 0.413 e. The van der Waals surface area contributed by atoms with Crippen LogP contribution in [0.2, 0.25) is 5.02 Å². The van der Waals surface area contributed by atoms with Crippen molar-refractivity contribution in [2.75, 3.05) is 12.4 Å². The molecule has 1 saturated carbocycles. The molecule has 3 heterocycles. The summed E-state index contributed by atoms with van der Waals surface area (Å²) in [5, 5.41) is 17.1. The lowest BCUT2D eigenvalue weighted by Crippen LogP contribution is -2.18. The molecule has 190 valence electrons. The number of fused-ring (bicyclic) bond motifs is 1. The third-order valence-corrected chi connectivity index (χ3v) is 9.07. The summed E-state index contributed by atoms with van der Waals surface area (Å²) in [5.74, 6) is 6.41. The number of anilines is 1. The number of aliphatic carboxylic acids is 1. The maximum absolute atomic E-state index is 12.6. The zero-order valence-electron chi connectivity index (χ0n) is 20.1. The molecule has 0 radical (unpaired) electrons. The van der Waals surface area contributed by atoms with Gasteiger partial charge in [-0.1, -0.05) is 41.6 Å². The Morgan fingerprint density at radius 3 is 2.70 bits per heavy atom. The quantitative estimate of drug-likeness (QED) is 0.275.